The van der Waals surface area contributed by atoms with Crippen molar-refractivity contribution in [2.24, 2.45) is 11.1 Å². The van der Waals surface area contributed by atoms with Crippen LogP contribution in [-0.4, -0.2) is 23.0 Å². The van der Waals surface area contributed by atoms with Crippen molar-refractivity contribution in [3.63, 3.8) is 0 Å². The number of hydrogen-bond donors (Lipinski definition) is 1. The smallest absolute Gasteiger partial charge is 0.0236 e. The molecule has 1 aromatic rings. The van der Waals surface area contributed by atoms with Crippen molar-refractivity contribution in [1.82, 2.24) is 4.90 Å². The molecule has 1 atom stereocenters. The van der Waals surface area contributed by atoms with Crippen LogP contribution in [0.3, 0.4) is 0 Å². The van der Waals surface area contributed by atoms with E-state index in [9.17, 15) is 0 Å². The van der Waals surface area contributed by atoms with Gasteiger partial charge in [0.25, 0.3) is 0 Å². The largest absolute Gasteiger partial charge is 0.325 e. The zero-order valence-electron chi connectivity index (χ0n) is 12.2. The lowest BCUT2D eigenvalue weighted by molar-refractivity contribution is 0.114. The molecule has 2 aliphatic rings. The van der Waals surface area contributed by atoms with Crippen molar-refractivity contribution in [2.45, 2.75) is 57.7 Å². The summed E-state index contributed by atoms with van der Waals surface area (Å²) in [5, 5.41) is 0. The van der Waals surface area contributed by atoms with Gasteiger partial charge in [-0.1, -0.05) is 30.3 Å². The van der Waals surface area contributed by atoms with Gasteiger partial charge in [0.15, 0.2) is 0 Å². The van der Waals surface area contributed by atoms with Gasteiger partial charge in [-0.25, -0.2) is 0 Å². The molecule has 0 aromatic heterocycles. The molecule has 1 saturated carbocycles. The number of nitrogens with two attached hydrogens (primary N) is 1. The van der Waals surface area contributed by atoms with Gasteiger partial charge >= 0.3 is 0 Å². The lowest BCUT2D eigenvalue weighted by atomic mass is 9.78. The molecule has 19 heavy (non-hydrogen) atoms. The average Bonchev–Trinajstić information content (AvgIpc) is 3.07. The summed E-state index contributed by atoms with van der Waals surface area (Å²) < 4.78 is 0. The van der Waals surface area contributed by atoms with E-state index >= 15 is 0 Å². The molecule has 1 aliphatic carbocycles. The quantitative estimate of drug-likeness (QED) is 0.899. The summed E-state index contributed by atoms with van der Waals surface area (Å²) in [6, 6.07) is 11.5. The third-order valence-electron chi connectivity index (χ3n) is 5.30. The summed E-state index contributed by atoms with van der Waals surface area (Å²) in [7, 11) is 0. The number of likely N-dealkylation sites (tertiary alicyclic amines) is 1. The minimum absolute atomic E-state index is 0.0447. The molecule has 2 nitrogen and oxygen atoms in total. The fourth-order valence-electron chi connectivity index (χ4n) is 4.00. The van der Waals surface area contributed by atoms with Crippen LogP contribution in [0.25, 0.3) is 0 Å². The van der Waals surface area contributed by atoms with Crippen molar-refractivity contribution in [2.75, 3.05) is 6.54 Å². The zero-order valence-corrected chi connectivity index (χ0v) is 12.2. The van der Waals surface area contributed by atoms with Crippen LogP contribution in [0.2, 0.25) is 0 Å². The molecule has 2 N–H and O–H groups in total. The van der Waals surface area contributed by atoms with Crippen molar-refractivity contribution < 1.29 is 0 Å². The van der Waals surface area contributed by atoms with Crippen LogP contribution in [0.15, 0.2) is 30.3 Å². The molecule has 1 saturated heterocycles. The second-order valence-corrected chi connectivity index (χ2v) is 6.99. The first-order chi connectivity index (χ1) is 9.03. The van der Waals surface area contributed by atoms with Gasteiger partial charge < -0.3 is 5.73 Å². The highest BCUT2D eigenvalue weighted by atomic mass is 15.2. The number of benzene rings is 1. The minimum Gasteiger partial charge on any atom is -0.325 e. The van der Waals surface area contributed by atoms with E-state index in [2.05, 4.69) is 49.1 Å². The van der Waals surface area contributed by atoms with Crippen LogP contribution < -0.4 is 5.73 Å². The van der Waals surface area contributed by atoms with Gasteiger partial charge in [-0.3, -0.25) is 4.90 Å². The van der Waals surface area contributed by atoms with E-state index in [1.165, 1.54) is 37.8 Å². The molecule has 1 unspecified atom stereocenters. The van der Waals surface area contributed by atoms with Crippen LogP contribution in [0.4, 0.5) is 0 Å². The first-order valence-electron chi connectivity index (χ1n) is 7.60. The molecule has 3 rings (SSSR count). The highest BCUT2D eigenvalue weighted by Crippen LogP contribution is 2.59. The molecule has 1 aromatic carbocycles. The van der Waals surface area contributed by atoms with Gasteiger partial charge in [-0.15, -0.1) is 0 Å². The van der Waals surface area contributed by atoms with Gasteiger partial charge in [-0.05, 0) is 51.6 Å². The Morgan fingerprint density at radius 2 is 1.95 bits per heavy atom. The van der Waals surface area contributed by atoms with Crippen LogP contribution in [0, 0.1) is 5.41 Å². The van der Waals surface area contributed by atoms with E-state index in [1.54, 1.807) is 0 Å². The number of rotatable bonds is 4. The maximum atomic E-state index is 6.48. The Morgan fingerprint density at radius 3 is 2.53 bits per heavy atom. The van der Waals surface area contributed by atoms with Crippen molar-refractivity contribution in [3.05, 3.63) is 35.9 Å². The first-order valence-corrected chi connectivity index (χ1v) is 7.60. The fourth-order valence-corrected chi connectivity index (χ4v) is 4.00. The third-order valence-corrected chi connectivity index (χ3v) is 5.30. The normalized spacial score (nSPS) is 26.6. The van der Waals surface area contributed by atoms with E-state index < -0.39 is 0 Å². The van der Waals surface area contributed by atoms with Crippen LogP contribution in [0.5, 0.6) is 0 Å². The summed E-state index contributed by atoms with van der Waals surface area (Å²) in [4.78, 5) is 2.68. The fraction of sp³-hybridized carbons (Fsp3) is 0.647. The van der Waals surface area contributed by atoms with Gasteiger partial charge in [-0.2, -0.15) is 0 Å². The molecular weight excluding hydrogens is 232 g/mol. The van der Waals surface area contributed by atoms with Crippen LogP contribution in [0.1, 0.15) is 45.1 Å². The lowest BCUT2D eigenvalue weighted by Crippen LogP contribution is -2.52. The molecule has 0 bridgehead atoms. The summed E-state index contributed by atoms with van der Waals surface area (Å²) in [5.41, 5.74) is 8.24. The predicted molar refractivity (Wildman–Crippen MR) is 79.8 cm³/mol. The maximum Gasteiger partial charge on any atom is 0.0236 e. The van der Waals surface area contributed by atoms with E-state index in [4.69, 9.17) is 5.73 Å². The highest BCUT2D eigenvalue weighted by molar-refractivity contribution is 5.18. The summed E-state index contributed by atoms with van der Waals surface area (Å²) in [5.74, 6) is 0. The Morgan fingerprint density at radius 1 is 1.26 bits per heavy atom. The Hall–Kier alpha value is -0.860. The first kappa shape index (κ1) is 13.1. The molecule has 2 heteroatoms. The standard InChI is InChI=1S/C17H26N2/c1-16(2,18)17(10-11-17)15-9-6-12-19(15)13-14-7-4-3-5-8-14/h3-5,7-8,15H,6,9-13,18H2,1-2H3. The second-order valence-electron chi connectivity index (χ2n) is 6.99. The van der Waals surface area contributed by atoms with E-state index in [0.29, 0.717) is 11.5 Å². The number of nitrogens with zero attached hydrogens (tertiary/aromatic N) is 1. The Bertz CT molecular complexity index is 428. The lowest BCUT2D eigenvalue weighted by Gasteiger charge is -2.40. The van der Waals surface area contributed by atoms with Crippen molar-refractivity contribution >= 4 is 0 Å². The van der Waals surface area contributed by atoms with Crippen LogP contribution >= 0.6 is 0 Å². The Kier molecular flexibility index (Phi) is 3.18. The molecule has 1 aliphatic heterocycles. The van der Waals surface area contributed by atoms with Crippen LogP contribution in [-0.2, 0) is 6.54 Å². The predicted octanol–water partition coefficient (Wildman–Crippen LogP) is 3.17. The number of hydrogen-bond acceptors (Lipinski definition) is 2. The molecule has 1 heterocycles. The molecule has 2 fully saturated rings. The molecule has 0 radical (unpaired) electrons. The van der Waals surface area contributed by atoms with Gasteiger partial charge in [0.05, 0.1) is 0 Å². The van der Waals surface area contributed by atoms with Gasteiger partial charge in [0.1, 0.15) is 0 Å². The molecule has 104 valence electrons. The van der Waals surface area contributed by atoms with E-state index in [1.807, 2.05) is 0 Å². The Labute approximate surface area is 117 Å². The molecular formula is C17H26N2. The summed E-state index contributed by atoms with van der Waals surface area (Å²) >= 11 is 0. The average molecular weight is 258 g/mol. The Balaban J connectivity index is 1.76. The summed E-state index contributed by atoms with van der Waals surface area (Å²) in [6.07, 6.45) is 5.28. The SMILES string of the molecule is CC(C)(N)C1(C2CCCN2Cc2ccccc2)CC1. The second kappa shape index (κ2) is 4.60. The monoisotopic (exact) mass is 258 g/mol. The topological polar surface area (TPSA) is 29.3 Å². The van der Waals surface area contributed by atoms with E-state index in [0.717, 1.165) is 6.54 Å². The zero-order chi connectivity index (χ0) is 13.5. The minimum atomic E-state index is -0.0447. The summed E-state index contributed by atoms with van der Waals surface area (Å²) in [6.45, 7) is 6.76. The highest BCUT2D eigenvalue weighted by Gasteiger charge is 2.59. The molecule has 0 spiro atoms. The van der Waals surface area contributed by atoms with Crippen molar-refractivity contribution in [3.8, 4) is 0 Å². The molecule has 0 amide bonds. The maximum absolute atomic E-state index is 6.48. The third kappa shape index (κ3) is 2.32. The van der Waals surface area contributed by atoms with Crippen molar-refractivity contribution in [1.29, 1.82) is 0 Å². The van der Waals surface area contributed by atoms with Gasteiger partial charge in [0.2, 0.25) is 0 Å². The van der Waals surface area contributed by atoms with E-state index in [-0.39, 0.29) is 5.54 Å². The van der Waals surface area contributed by atoms with Gasteiger partial charge in [0, 0.05) is 23.5 Å².